The topological polar surface area (TPSA) is 80.8 Å². The number of rotatable bonds is 5. The minimum absolute atomic E-state index is 0.144. The molecule has 2 fully saturated rings. The lowest BCUT2D eigenvalue weighted by Gasteiger charge is -2.34. The van der Waals surface area contributed by atoms with E-state index in [2.05, 4.69) is 10.00 Å². The Morgan fingerprint density at radius 3 is 2.53 bits per heavy atom. The van der Waals surface area contributed by atoms with Crippen LogP contribution in [-0.2, 0) is 21.4 Å². The first-order chi connectivity index (χ1) is 14.3. The molecule has 0 radical (unpaired) electrons. The molecule has 4 rings (SSSR count). The Morgan fingerprint density at radius 2 is 1.83 bits per heavy atom. The van der Waals surface area contributed by atoms with Crippen LogP contribution in [-0.4, -0.2) is 65.8 Å². The van der Waals surface area contributed by atoms with Crippen molar-refractivity contribution in [2.75, 3.05) is 26.2 Å². The van der Waals surface area contributed by atoms with Crippen molar-refractivity contribution in [1.29, 1.82) is 0 Å². The van der Waals surface area contributed by atoms with Crippen LogP contribution in [0.4, 0.5) is 0 Å². The Morgan fingerprint density at radius 1 is 1.13 bits per heavy atom. The van der Waals surface area contributed by atoms with Crippen molar-refractivity contribution in [2.24, 2.45) is 0 Å². The summed E-state index contributed by atoms with van der Waals surface area (Å²) in [7, 11) is -3.52. The number of aromatic nitrogens is 2. The zero-order valence-electron chi connectivity index (χ0n) is 17.4. The average molecular weight is 453 g/mol. The average Bonchev–Trinajstić information content (AvgIpc) is 3.08. The highest BCUT2D eigenvalue weighted by atomic mass is 32.2. The Labute approximate surface area is 182 Å². The largest absolute Gasteiger partial charge is 0.409 e. The van der Waals surface area contributed by atoms with E-state index in [1.54, 1.807) is 33.3 Å². The van der Waals surface area contributed by atoms with E-state index < -0.39 is 10.0 Å². The summed E-state index contributed by atoms with van der Waals surface area (Å²) >= 11 is 5.36. The lowest BCUT2D eigenvalue weighted by molar-refractivity contribution is -0.0778. The molecule has 2 atom stereocenters. The summed E-state index contributed by atoms with van der Waals surface area (Å²) in [6.07, 6.45) is 3.16. The van der Waals surface area contributed by atoms with E-state index in [0.29, 0.717) is 31.2 Å². The van der Waals surface area contributed by atoms with Gasteiger partial charge in [0.05, 0.1) is 23.8 Å². The fourth-order valence-corrected chi connectivity index (χ4v) is 5.89. The molecule has 0 amide bonds. The fourth-order valence-electron chi connectivity index (χ4n) is 4.15. The van der Waals surface area contributed by atoms with Gasteiger partial charge in [0.2, 0.25) is 15.9 Å². The van der Waals surface area contributed by atoms with E-state index in [9.17, 15) is 8.42 Å². The van der Waals surface area contributed by atoms with Crippen molar-refractivity contribution in [1.82, 2.24) is 19.0 Å². The van der Waals surface area contributed by atoms with Crippen LogP contribution >= 0.6 is 12.2 Å². The molecule has 2 aromatic rings. The lowest BCUT2D eigenvalue weighted by Crippen LogP contribution is -2.46. The third kappa shape index (κ3) is 4.67. The Hall–Kier alpha value is -1.59. The SMILES string of the molecule is C[C@H]1CN(Cn2nc(-c3cccc(S(=O)(=O)N4CCCCC4)c3)oc2=S)C[C@H](C)O1. The summed E-state index contributed by atoms with van der Waals surface area (Å²) in [6, 6.07) is 6.75. The molecule has 10 heteroatoms. The fraction of sp³-hybridized carbons (Fsp3) is 0.600. The van der Waals surface area contributed by atoms with E-state index >= 15 is 0 Å². The minimum Gasteiger partial charge on any atom is -0.409 e. The summed E-state index contributed by atoms with van der Waals surface area (Å²) in [5.41, 5.74) is 0.599. The van der Waals surface area contributed by atoms with Gasteiger partial charge in [-0.25, -0.2) is 13.1 Å². The molecule has 8 nitrogen and oxygen atoms in total. The maximum Gasteiger partial charge on any atom is 0.288 e. The van der Waals surface area contributed by atoms with E-state index in [1.807, 2.05) is 13.8 Å². The van der Waals surface area contributed by atoms with Crippen molar-refractivity contribution in [2.45, 2.75) is 56.9 Å². The highest BCUT2D eigenvalue weighted by molar-refractivity contribution is 7.89. The monoisotopic (exact) mass is 452 g/mol. The molecule has 0 aliphatic carbocycles. The van der Waals surface area contributed by atoms with Gasteiger partial charge >= 0.3 is 0 Å². The number of morpholine rings is 1. The molecule has 2 aliphatic heterocycles. The van der Waals surface area contributed by atoms with Gasteiger partial charge in [0.1, 0.15) is 0 Å². The first kappa shape index (κ1) is 21.6. The molecule has 0 N–H and O–H groups in total. The van der Waals surface area contributed by atoms with Gasteiger partial charge in [-0.1, -0.05) is 12.5 Å². The predicted molar refractivity (Wildman–Crippen MR) is 115 cm³/mol. The van der Waals surface area contributed by atoms with E-state index in [1.165, 1.54) is 0 Å². The molecule has 0 saturated carbocycles. The third-order valence-corrected chi connectivity index (χ3v) is 7.66. The minimum atomic E-state index is -3.52. The smallest absolute Gasteiger partial charge is 0.288 e. The van der Waals surface area contributed by atoms with E-state index in [4.69, 9.17) is 21.4 Å². The second-order valence-corrected chi connectivity index (χ2v) is 10.4. The maximum absolute atomic E-state index is 13.0. The van der Waals surface area contributed by atoms with Gasteiger partial charge in [-0.15, -0.1) is 5.10 Å². The molecule has 2 saturated heterocycles. The van der Waals surface area contributed by atoms with Crippen LogP contribution in [0, 0.1) is 4.84 Å². The molecule has 3 heterocycles. The van der Waals surface area contributed by atoms with Crippen molar-refractivity contribution >= 4 is 22.2 Å². The number of hydrogen-bond acceptors (Lipinski definition) is 7. The Balaban J connectivity index is 1.56. The van der Waals surface area contributed by atoms with Crippen LogP contribution in [0.5, 0.6) is 0 Å². The molecule has 0 unspecified atom stereocenters. The number of piperidine rings is 1. The molecule has 1 aromatic carbocycles. The number of benzene rings is 1. The lowest BCUT2D eigenvalue weighted by atomic mass is 10.2. The van der Waals surface area contributed by atoms with Crippen LogP contribution in [0.2, 0.25) is 0 Å². The summed E-state index contributed by atoms with van der Waals surface area (Å²) in [5, 5.41) is 4.51. The molecule has 30 heavy (non-hydrogen) atoms. The van der Waals surface area contributed by atoms with Gasteiger partial charge < -0.3 is 9.15 Å². The quantitative estimate of drug-likeness (QED) is 0.645. The van der Waals surface area contributed by atoms with Crippen molar-refractivity contribution < 1.29 is 17.6 Å². The van der Waals surface area contributed by atoms with Crippen LogP contribution in [0.25, 0.3) is 11.5 Å². The van der Waals surface area contributed by atoms with Crippen LogP contribution < -0.4 is 0 Å². The van der Waals surface area contributed by atoms with Gasteiger partial charge in [-0.2, -0.15) is 4.31 Å². The molecule has 164 valence electrons. The highest BCUT2D eigenvalue weighted by Gasteiger charge is 2.27. The Bertz CT molecular complexity index is 1030. The van der Waals surface area contributed by atoms with E-state index in [0.717, 1.165) is 32.4 Å². The molecule has 0 spiro atoms. The first-order valence-electron chi connectivity index (χ1n) is 10.4. The van der Waals surface area contributed by atoms with Gasteiger partial charge in [-0.3, -0.25) is 4.90 Å². The van der Waals surface area contributed by atoms with Crippen molar-refractivity contribution in [3.8, 4) is 11.5 Å². The van der Waals surface area contributed by atoms with Crippen LogP contribution in [0.3, 0.4) is 0 Å². The Kier molecular flexibility index (Phi) is 6.40. The third-order valence-electron chi connectivity index (χ3n) is 5.47. The number of sulfonamides is 1. The standard InChI is InChI=1S/C20H28N4O4S2/c1-15-12-22(13-16(2)27-15)14-24-20(29)28-19(21-24)17-7-6-8-18(11-17)30(25,26)23-9-4-3-5-10-23/h6-8,11,15-16H,3-5,9-10,12-14H2,1-2H3/t15-,16-/m0/s1. The summed E-state index contributed by atoms with van der Waals surface area (Å²) in [6.45, 7) is 7.31. The first-order valence-corrected chi connectivity index (χ1v) is 12.2. The van der Waals surface area contributed by atoms with Crippen LogP contribution in [0.15, 0.2) is 33.6 Å². The summed E-state index contributed by atoms with van der Waals surface area (Å²) in [5.74, 6) is 0.324. The molecular weight excluding hydrogens is 424 g/mol. The molecular formula is C20H28N4O4S2. The summed E-state index contributed by atoms with van der Waals surface area (Å²) in [4.78, 5) is 2.74. The highest BCUT2D eigenvalue weighted by Crippen LogP contribution is 2.25. The van der Waals surface area contributed by atoms with Crippen molar-refractivity contribution in [3.63, 3.8) is 0 Å². The number of hydrogen-bond donors (Lipinski definition) is 0. The number of nitrogens with zero attached hydrogens (tertiary/aromatic N) is 4. The zero-order valence-corrected chi connectivity index (χ0v) is 19.0. The zero-order chi connectivity index (χ0) is 21.3. The normalized spacial score (nSPS) is 24.2. The van der Waals surface area contributed by atoms with Crippen molar-refractivity contribution in [3.05, 3.63) is 29.1 Å². The molecule has 0 bridgehead atoms. The number of ether oxygens (including phenoxy) is 1. The second kappa shape index (κ2) is 8.88. The van der Waals surface area contributed by atoms with Gasteiger partial charge in [0.15, 0.2) is 0 Å². The molecule has 1 aromatic heterocycles. The van der Waals surface area contributed by atoms with Crippen LogP contribution in [0.1, 0.15) is 33.1 Å². The summed E-state index contributed by atoms with van der Waals surface area (Å²) < 4.78 is 40.7. The van der Waals surface area contributed by atoms with E-state index in [-0.39, 0.29) is 21.9 Å². The second-order valence-electron chi connectivity index (χ2n) is 8.10. The van der Waals surface area contributed by atoms with Gasteiger partial charge in [0.25, 0.3) is 4.84 Å². The maximum atomic E-state index is 13.0. The predicted octanol–water partition coefficient (Wildman–Crippen LogP) is 3.11. The van der Waals surface area contributed by atoms with Gasteiger partial charge in [0, 0.05) is 31.7 Å². The molecule has 2 aliphatic rings. The van der Waals surface area contributed by atoms with Gasteiger partial charge in [-0.05, 0) is 57.1 Å².